The minimum absolute atomic E-state index is 0.0974. The number of nitrogens with zero attached hydrogens (tertiary/aromatic N) is 5. The van der Waals surface area contributed by atoms with Gasteiger partial charge < -0.3 is 10.1 Å². The molecule has 3 aromatic rings. The Bertz CT molecular complexity index is 1010. The van der Waals surface area contributed by atoms with Gasteiger partial charge in [0.25, 0.3) is 5.56 Å². The number of aromatic nitrogens is 5. The number of fused-ring (bicyclic) bond motifs is 1. The number of aryl methyl sites for hydroxylation is 1. The number of amides is 1. The third-order valence-corrected chi connectivity index (χ3v) is 3.48. The van der Waals surface area contributed by atoms with Gasteiger partial charge in [-0.25, -0.2) is 14.5 Å². The zero-order chi connectivity index (χ0) is 18.0. The average Bonchev–Trinajstić information content (AvgIpc) is 2.99. The molecule has 1 aromatic carbocycles. The molecule has 0 atom stereocenters. The van der Waals surface area contributed by atoms with Gasteiger partial charge in [-0.05, 0) is 24.3 Å². The Labute approximate surface area is 141 Å². The molecule has 0 saturated heterocycles. The van der Waals surface area contributed by atoms with Crippen molar-refractivity contribution in [3.8, 4) is 0 Å². The molecule has 128 valence electrons. The molecular weight excluding hydrogens is 328 g/mol. The van der Waals surface area contributed by atoms with Crippen molar-refractivity contribution in [2.75, 3.05) is 12.4 Å². The molecule has 1 amide bonds. The van der Waals surface area contributed by atoms with Gasteiger partial charge in [-0.3, -0.25) is 14.2 Å². The fraction of sp³-hybridized carbons (Fsp3) is 0.200. The quantitative estimate of drug-likeness (QED) is 0.660. The average molecular weight is 342 g/mol. The van der Waals surface area contributed by atoms with E-state index in [4.69, 9.17) is 0 Å². The second kappa shape index (κ2) is 6.51. The molecule has 0 radical (unpaired) electrons. The highest BCUT2D eigenvalue weighted by Gasteiger charge is 2.12. The normalized spacial score (nSPS) is 10.6. The van der Waals surface area contributed by atoms with Crippen LogP contribution in [-0.2, 0) is 23.1 Å². The van der Waals surface area contributed by atoms with E-state index in [1.54, 1.807) is 19.2 Å². The van der Waals surface area contributed by atoms with Gasteiger partial charge in [-0.15, -0.1) is 5.10 Å². The lowest BCUT2D eigenvalue weighted by molar-refractivity contribution is -0.116. The maximum Gasteiger partial charge on any atom is 0.337 e. The van der Waals surface area contributed by atoms with Gasteiger partial charge in [0.15, 0.2) is 11.2 Å². The molecule has 0 aliphatic heterocycles. The van der Waals surface area contributed by atoms with Gasteiger partial charge in [0.1, 0.15) is 12.9 Å². The third-order valence-electron chi connectivity index (χ3n) is 3.48. The predicted molar refractivity (Wildman–Crippen MR) is 87.0 cm³/mol. The summed E-state index contributed by atoms with van der Waals surface area (Å²) in [6, 6.07) is 6.19. The highest BCUT2D eigenvalue weighted by atomic mass is 16.5. The summed E-state index contributed by atoms with van der Waals surface area (Å²) in [6.45, 7) is -0.225. The van der Waals surface area contributed by atoms with Crippen molar-refractivity contribution in [3.05, 3.63) is 46.5 Å². The number of carbonyl (C=O) groups is 2. The van der Waals surface area contributed by atoms with Gasteiger partial charge >= 0.3 is 5.97 Å². The number of anilines is 1. The molecule has 0 bridgehead atoms. The molecule has 10 heteroatoms. The van der Waals surface area contributed by atoms with Gasteiger partial charge in [0.05, 0.1) is 12.7 Å². The fourth-order valence-corrected chi connectivity index (χ4v) is 2.22. The number of nitrogens with one attached hydrogen (secondary N) is 1. The van der Waals surface area contributed by atoms with Crippen LogP contribution in [0.2, 0.25) is 0 Å². The van der Waals surface area contributed by atoms with Crippen molar-refractivity contribution in [2.45, 2.75) is 6.54 Å². The molecule has 2 heterocycles. The maximum absolute atomic E-state index is 12.3. The molecule has 0 aliphatic carbocycles. The van der Waals surface area contributed by atoms with Gasteiger partial charge in [-0.1, -0.05) is 5.21 Å². The van der Waals surface area contributed by atoms with Gasteiger partial charge in [-0.2, -0.15) is 0 Å². The first-order valence-electron chi connectivity index (χ1n) is 7.22. The van der Waals surface area contributed by atoms with E-state index < -0.39 is 17.4 Å². The van der Waals surface area contributed by atoms with Crippen LogP contribution in [0.3, 0.4) is 0 Å². The second-order valence-corrected chi connectivity index (χ2v) is 5.18. The number of ether oxygens (including phenoxy) is 1. The summed E-state index contributed by atoms with van der Waals surface area (Å²) in [7, 11) is 2.91. The number of carbonyl (C=O) groups excluding carboxylic acids is 2. The molecule has 25 heavy (non-hydrogen) atoms. The molecule has 0 spiro atoms. The van der Waals surface area contributed by atoms with E-state index in [2.05, 4.69) is 25.3 Å². The van der Waals surface area contributed by atoms with Crippen molar-refractivity contribution < 1.29 is 14.3 Å². The van der Waals surface area contributed by atoms with E-state index in [1.165, 1.54) is 30.3 Å². The number of hydrogen-bond donors (Lipinski definition) is 1. The second-order valence-electron chi connectivity index (χ2n) is 5.18. The van der Waals surface area contributed by atoms with Crippen molar-refractivity contribution in [1.29, 1.82) is 0 Å². The number of methoxy groups -OCH3 is 1. The summed E-state index contributed by atoms with van der Waals surface area (Å²) in [5.41, 5.74) is 0.850. The SMILES string of the molecule is COC(=O)c1ccc(NC(=O)Cn2cnc3c(nnn3C)c2=O)cc1. The lowest BCUT2D eigenvalue weighted by atomic mass is 10.2. The molecule has 0 unspecified atom stereocenters. The molecule has 0 fully saturated rings. The highest BCUT2D eigenvalue weighted by Crippen LogP contribution is 2.10. The summed E-state index contributed by atoms with van der Waals surface area (Å²) in [4.78, 5) is 39.8. The first-order chi connectivity index (χ1) is 12.0. The molecule has 10 nitrogen and oxygen atoms in total. The molecule has 1 N–H and O–H groups in total. The van der Waals surface area contributed by atoms with Crippen molar-refractivity contribution in [2.24, 2.45) is 7.05 Å². The minimum atomic E-state index is -0.465. The summed E-state index contributed by atoms with van der Waals surface area (Å²) in [5, 5.41) is 10.1. The smallest absolute Gasteiger partial charge is 0.337 e. The summed E-state index contributed by atoms with van der Waals surface area (Å²) in [5.74, 6) is -0.884. The zero-order valence-corrected chi connectivity index (χ0v) is 13.5. The summed E-state index contributed by atoms with van der Waals surface area (Å²) in [6.07, 6.45) is 1.27. The maximum atomic E-state index is 12.3. The van der Waals surface area contributed by atoms with E-state index in [-0.39, 0.29) is 12.1 Å². The molecule has 0 saturated carbocycles. The summed E-state index contributed by atoms with van der Waals surface area (Å²) < 4.78 is 7.13. The monoisotopic (exact) mass is 342 g/mol. The van der Waals surface area contributed by atoms with Crippen LogP contribution in [0.5, 0.6) is 0 Å². The number of benzene rings is 1. The Hall–Kier alpha value is -3.56. The van der Waals surface area contributed by atoms with Crippen LogP contribution in [0.25, 0.3) is 11.2 Å². The van der Waals surface area contributed by atoms with E-state index >= 15 is 0 Å². The van der Waals surface area contributed by atoms with Crippen LogP contribution < -0.4 is 10.9 Å². The predicted octanol–water partition coefficient (Wildman–Crippen LogP) is -0.0497. The fourth-order valence-electron chi connectivity index (χ4n) is 2.22. The Morgan fingerprint density at radius 3 is 2.64 bits per heavy atom. The highest BCUT2D eigenvalue weighted by molar-refractivity contribution is 5.93. The Balaban J connectivity index is 1.73. The molecule has 2 aromatic heterocycles. The standard InChI is InChI=1S/C15H14N6O4/c1-20-13-12(18-19-20)14(23)21(8-16-13)7-11(22)17-10-5-3-9(4-6-10)15(24)25-2/h3-6,8H,7H2,1-2H3,(H,17,22). The van der Waals surface area contributed by atoms with Crippen LogP contribution in [0.15, 0.2) is 35.4 Å². The lowest BCUT2D eigenvalue weighted by Gasteiger charge is -2.07. The first kappa shape index (κ1) is 16.3. The first-order valence-corrected chi connectivity index (χ1v) is 7.22. The Kier molecular flexibility index (Phi) is 4.25. The van der Waals surface area contributed by atoms with Crippen LogP contribution in [0.4, 0.5) is 5.69 Å². The van der Waals surface area contributed by atoms with Crippen LogP contribution >= 0.6 is 0 Å². The third kappa shape index (κ3) is 3.22. The molecular formula is C15H14N6O4. The lowest BCUT2D eigenvalue weighted by Crippen LogP contribution is -2.28. The van der Waals surface area contributed by atoms with Gasteiger partial charge in [0.2, 0.25) is 5.91 Å². The Morgan fingerprint density at radius 1 is 1.24 bits per heavy atom. The molecule has 0 aliphatic rings. The summed E-state index contributed by atoms with van der Waals surface area (Å²) >= 11 is 0. The van der Waals surface area contributed by atoms with E-state index in [0.717, 1.165) is 4.57 Å². The Morgan fingerprint density at radius 2 is 1.96 bits per heavy atom. The number of hydrogen-bond acceptors (Lipinski definition) is 7. The van der Waals surface area contributed by atoms with Crippen molar-refractivity contribution in [3.63, 3.8) is 0 Å². The van der Waals surface area contributed by atoms with E-state index in [1.807, 2.05) is 0 Å². The van der Waals surface area contributed by atoms with Crippen molar-refractivity contribution >= 4 is 28.7 Å². The topological polar surface area (TPSA) is 121 Å². The molecule has 3 rings (SSSR count). The minimum Gasteiger partial charge on any atom is -0.465 e. The zero-order valence-electron chi connectivity index (χ0n) is 13.5. The van der Waals surface area contributed by atoms with Crippen molar-refractivity contribution in [1.82, 2.24) is 24.5 Å². The van der Waals surface area contributed by atoms with E-state index in [9.17, 15) is 14.4 Å². The number of rotatable bonds is 4. The largest absolute Gasteiger partial charge is 0.465 e. The van der Waals surface area contributed by atoms with Crippen LogP contribution in [0.1, 0.15) is 10.4 Å². The van der Waals surface area contributed by atoms with E-state index in [0.29, 0.717) is 16.9 Å². The number of esters is 1. The van der Waals surface area contributed by atoms with Crippen LogP contribution in [-0.4, -0.2) is 43.5 Å². The van der Waals surface area contributed by atoms with Gasteiger partial charge in [0, 0.05) is 12.7 Å². The van der Waals surface area contributed by atoms with Crippen LogP contribution in [0, 0.1) is 0 Å².